The van der Waals surface area contributed by atoms with Gasteiger partial charge >= 0.3 is 0 Å². The molecule has 5 rings (SSSR count). The van der Waals surface area contributed by atoms with Crippen LogP contribution in [0.25, 0.3) is 11.3 Å². The zero-order valence-electron chi connectivity index (χ0n) is 20.4. The highest BCUT2D eigenvalue weighted by molar-refractivity contribution is 8.01. The lowest BCUT2D eigenvalue weighted by Gasteiger charge is -2.29. The van der Waals surface area contributed by atoms with Crippen molar-refractivity contribution in [1.29, 1.82) is 0 Å². The monoisotopic (exact) mass is 478 g/mol. The van der Waals surface area contributed by atoms with E-state index in [1.165, 1.54) is 4.90 Å². The van der Waals surface area contributed by atoms with Gasteiger partial charge < -0.3 is 5.32 Å². The summed E-state index contributed by atoms with van der Waals surface area (Å²) in [5.74, 6) is 0. The Bertz CT molecular complexity index is 1300. The van der Waals surface area contributed by atoms with Crippen molar-refractivity contribution in [3.8, 4) is 11.3 Å². The highest BCUT2D eigenvalue weighted by atomic mass is 32.2. The Morgan fingerprint density at radius 1 is 1.00 bits per heavy atom. The molecule has 0 aliphatic carbocycles. The first-order valence-corrected chi connectivity index (χ1v) is 12.7. The Morgan fingerprint density at radius 2 is 1.74 bits per heavy atom. The predicted molar refractivity (Wildman–Crippen MR) is 150 cm³/mol. The summed E-state index contributed by atoms with van der Waals surface area (Å²) in [5.41, 5.74) is 7.74. The van der Waals surface area contributed by atoms with Gasteiger partial charge in [0.25, 0.3) is 0 Å². The maximum atomic E-state index is 5.20. The van der Waals surface area contributed by atoms with E-state index in [0.29, 0.717) is 0 Å². The van der Waals surface area contributed by atoms with Gasteiger partial charge in [0.15, 0.2) is 0 Å². The Labute approximate surface area is 212 Å². The van der Waals surface area contributed by atoms with Crippen molar-refractivity contribution in [2.24, 2.45) is 5.10 Å². The fourth-order valence-corrected chi connectivity index (χ4v) is 5.22. The fourth-order valence-electron chi connectivity index (χ4n) is 4.03. The lowest BCUT2D eigenvalue weighted by Crippen LogP contribution is -2.36. The van der Waals surface area contributed by atoms with Gasteiger partial charge in [0.1, 0.15) is 11.1 Å². The maximum absolute atomic E-state index is 5.20. The molecule has 1 atom stereocenters. The number of fused-ring (bicyclic) bond motifs is 3. The number of aromatic nitrogens is 1. The summed E-state index contributed by atoms with van der Waals surface area (Å²) in [5, 5.41) is 10.7. The van der Waals surface area contributed by atoms with Crippen molar-refractivity contribution in [2.75, 3.05) is 5.01 Å². The summed E-state index contributed by atoms with van der Waals surface area (Å²) in [4.78, 5) is 5.68. The van der Waals surface area contributed by atoms with Crippen molar-refractivity contribution in [3.05, 3.63) is 127 Å². The molecule has 0 spiro atoms. The molecule has 35 heavy (non-hydrogen) atoms. The molecule has 0 amide bonds. The molecule has 0 bridgehead atoms. The van der Waals surface area contributed by atoms with Crippen LogP contribution >= 0.6 is 11.8 Å². The van der Waals surface area contributed by atoms with Crippen molar-refractivity contribution in [2.45, 2.75) is 31.0 Å². The molecule has 2 aliphatic heterocycles. The molecule has 1 unspecified atom stereocenters. The smallest absolute Gasteiger partial charge is 0.122 e. The first kappa shape index (κ1) is 24.3. The van der Waals surface area contributed by atoms with Gasteiger partial charge in [-0.15, -0.1) is 0 Å². The molecule has 5 heteroatoms. The Hall–Kier alpha value is -3.83. The lowest BCUT2D eigenvalue weighted by molar-refractivity contribution is 0.869. The molecule has 0 fully saturated rings. The Kier molecular flexibility index (Phi) is 7.68. The second-order valence-corrected chi connectivity index (χ2v) is 8.83. The van der Waals surface area contributed by atoms with Crippen molar-refractivity contribution >= 4 is 23.2 Å². The molecule has 1 aromatic heterocycles. The van der Waals surface area contributed by atoms with Crippen LogP contribution in [-0.4, -0.2) is 16.1 Å². The summed E-state index contributed by atoms with van der Waals surface area (Å²) >= 11 is 1.76. The van der Waals surface area contributed by atoms with Crippen LogP contribution in [0.5, 0.6) is 0 Å². The number of hydrazone groups is 1. The molecular weight excluding hydrogens is 448 g/mol. The van der Waals surface area contributed by atoms with E-state index in [4.69, 9.17) is 5.10 Å². The van der Waals surface area contributed by atoms with Gasteiger partial charge in [0.2, 0.25) is 0 Å². The standard InChI is InChI=1S/C28H24N4S.C2H6/c1-4-10-25-22(5-2)19(3)30-28-27(23-11-6-7-13-26(23)33-28)31-32(25)21-16-14-20(15-17-21)24-12-8-9-18-29-24;1-2/h4-18,28,30H,2-3H2,1H3;1-2H3/b10-4-,25-22-,31-27-;. The summed E-state index contributed by atoms with van der Waals surface area (Å²) < 4.78 is 0. The number of anilines is 1. The minimum absolute atomic E-state index is 0.0210. The Morgan fingerprint density at radius 3 is 2.43 bits per heavy atom. The zero-order chi connectivity index (χ0) is 24.8. The first-order chi connectivity index (χ1) is 17.2. The fraction of sp³-hybridized carbons (Fsp3) is 0.133. The molecule has 1 N–H and O–H groups in total. The van der Waals surface area contributed by atoms with E-state index >= 15 is 0 Å². The normalized spacial score (nSPS) is 20.4. The van der Waals surface area contributed by atoms with Crippen molar-refractivity contribution < 1.29 is 0 Å². The van der Waals surface area contributed by atoms with Gasteiger partial charge in [-0.3, -0.25) is 4.98 Å². The number of pyridine rings is 1. The third-order valence-corrected chi connectivity index (χ3v) is 6.79. The van der Waals surface area contributed by atoms with Crippen LogP contribution in [0.15, 0.2) is 131 Å². The van der Waals surface area contributed by atoms with Crippen LogP contribution < -0.4 is 10.3 Å². The van der Waals surface area contributed by atoms with Gasteiger partial charge in [-0.2, -0.15) is 5.10 Å². The van der Waals surface area contributed by atoms with E-state index < -0.39 is 0 Å². The van der Waals surface area contributed by atoms with Gasteiger partial charge in [0.05, 0.1) is 17.1 Å². The summed E-state index contributed by atoms with van der Waals surface area (Å²) in [6, 6.07) is 22.7. The molecule has 2 aromatic carbocycles. The average molecular weight is 479 g/mol. The van der Waals surface area contributed by atoms with Crippen LogP contribution in [0.4, 0.5) is 5.69 Å². The molecule has 3 aromatic rings. The Balaban J connectivity index is 0.00000141. The largest absolute Gasteiger partial charge is 0.368 e. The van der Waals surface area contributed by atoms with Gasteiger partial charge in [-0.05, 0) is 43.3 Å². The van der Waals surface area contributed by atoms with Crippen LogP contribution in [-0.2, 0) is 0 Å². The SMILES string of the molecule is C=C/C1=C(\C=C/C)N(c2ccc(-c3ccccn3)cc2)/N=C2/c3ccccc3SC2NC1=C.CC. The van der Waals surface area contributed by atoms with E-state index in [-0.39, 0.29) is 5.37 Å². The van der Waals surface area contributed by atoms with Crippen LogP contribution in [0.2, 0.25) is 0 Å². The molecule has 0 radical (unpaired) electrons. The number of thioether (sulfide) groups is 1. The number of rotatable bonds is 4. The van der Waals surface area contributed by atoms with E-state index in [1.54, 1.807) is 11.8 Å². The molecule has 0 saturated heterocycles. The molecule has 0 saturated carbocycles. The van der Waals surface area contributed by atoms with Crippen LogP contribution in [0, 0.1) is 0 Å². The van der Waals surface area contributed by atoms with E-state index in [9.17, 15) is 0 Å². The molecule has 4 nitrogen and oxygen atoms in total. The van der Waals surface area contributed by atoms with Gasteiger partial charge in [-0.25, -0.2) is 5.01 Å². The number of nitrogens with zero attached hydrogens (tertiary/aromatic N) is 3. The highest BCUT2D eigenvalue weighted by Crippen LogP contribution is 2.39. The number of hydrogen-bond donors (Lipinski definition) is 1. The first-order valence-electron chi connectivity index (χ1n) is 11.8. The quantitative estimate of drug-likeness (QED) is 0.420. The van der Waals surface area contributed by atoms with Crippen molar-refractivity contribution in [3.63, 3.8) is 0 Å². The second kappa shape index (κ2) is 11.1. The van der Waals surface area contributed by atoms with E-state index in [0.717, 1.165) is 45.2 Å². The lowest BCUT2D eigenvalue weighted by atomic mass is 10.1. The van der Waals surface area contributed by atoms with Crippen molar-refractivity contribution in [1.82, 2.24) is 10.3 Å². The minimum atomic E-state index is -0.0210. The number of benzene rings is 2. The number of allylic oxidation sites excluding steroid dienone is 3. The molecule has 2 aliphatic rings. The molecule has 3 heterocycles. The van der Waals surface area contributed by atoms with Crippen LogP contribution in [0.1, 0.15) is 26.3 Å². The third-order valence-electron chi connectivity index (χ3n) is 5.60. The summed E-state index contributed by atoms with van der Waals surface area (Å²) in [6.07, 6.45) is 7.71. The van der Waals surface area contributed by atoms with E-state index in [2.05, 4.69) is 78.1 Å². The molecule has 176 valence electrons. The zero-order valence-corrected chi connectivity index (χ0v) is 21.2. The van der Waals surface area contributed by atoms with Crippen LogP contribution in [0.3, 0.4) is 0 Å². The van der Waals surface area contributed by atoms with Gasteiger partial charge in [0, 0.05) is 33.5 Å². The number of nitrogens with one attached hydrogen (secondary N) is 1. The highest BCUT2D eigenvalue weighted by Gasteiger charge is 2.33. The predicted octanol–water partition coefficient (Wildman–Crippen LogP) is 7.55. The average Bonchev–Trinajstić information content (AvgIpc) is 3.24. The summed E-state index contributed by atoms with van der Waals surface area (Å²) in [7, 11) is 0. The number of hydrogen-bond acceptors (Lipinski definition) is 5. The second-order valence-electron chi connectivity index (χ2n) is 7.68. The van der Waals surface area contributed by atoms with Gasteiger partial charge in [-0.1, -0.05) is 87.3 Å². The maximum Gasteiger partial charge on any atom is 0.122 e. The minimum Gasteiger partial charge on any atom is -0.368 e. The molecular formula is C30H30N4S. The van der Waals surface area contributed by atoms with E-state index in [1.807, 2.05) is 62.3 Å². The third kappa shape index (κ3) is 4.86. The summed E-state index contributed by atoms with van der Waals surface area (Å²) in [6.45, 7) is 14.4. The topological polar surface area (TPSA) is 40.5 Å².